The van der Waals surface area contributed by atoms with E-state index in [2.05, 4.69) is 18.4 Å². The molecule has 0 fully saturated rings. The quantitative estimate of drug-likeness (QED) is 0.719. The van der Waals surface area contributed by atoms with Crippen molar-refractivity contribution in [1.82, 2.24) is 0 Å². The van der Waals surface area contributed by atoms with Gasteiger partial charge in [0.15, 0.2) is 0 Å². The van der Waals surface area contributed by atoms with Gasteiger partial charge in [-0.15, -0.1) is 11.3 Å². The van der Waals surface area contributed by atoms with Gasteiger partial charge in [-0.05, 0) is 36.4 Å². The highest BCUT2D eigenvalue weighted by Gasteiger charge is 1.95. The number of aliphatic hydroxyl groups is 1. The van der Waals surface area contributed by atoms with Crippen molar-refractivity contribution in [2.24, 2.45) is 0 Å². The fourth-order valence-electron chi connectivity index (χ4n) is 0.856. The van der Waals surface area contributed by atoms with Crippen LogP contribution in [0.25, 0.3) is 6.08 Å². The van der Waals surface area contributed by atoms with Gasteiger partial charge in [-0.3, -0.25) is 0 Å². The van der Waals surface area contributed by atoms with Crippen LogP contribution in [0, 0.1) is 6.92 Å². The fraction of sp³-hybridized carbons (Fsp3) is 0.333. The Hall–Kier alpha value is -0.600. The van der Waals surface area contributed by atoms with Gasteiger partial charge in [-0.25, -0.2) is 0 Å². The van der Waals surface area contributed by atoms with E-state index in [-0.39, 0.29) is 6.61 Å². The molecule has 0 radical (unpaired) electrons. The smallest absolute Gasteiger partial charge is 0.0642 e. The Morgan fingerprint density at radius 2 is 2.45 bits per heavy atom. The number of aryl methyl sites for hydroxylation is 1. The van der Waals surface area contributed by atoms with Crippen molar-refractivity contribution in [3.63, 3.8) is 0 Å². The first-order valence-electron chi connectivity index (χ1n) is 3.56. The highest BCUT2D eigenvalue weighted by Crippen LogP contribution is 2.17. The van der Waals surface area contributed by atoms with Gasteiger partial charge in [0, 0.05) is 4.88 Å². The lowest BCUT2D eigenvalue weighted by atomic mass is 10.2. The van der Waals surface area contributed by atoms with E-state index in [1.54, 1.807) is 11.3 Å². The largest absolute Gasteiger partial charge is 0.392 e. The van der Waals surface area contributed by atoms with E-state index in [9.17, 15) is 0 Å². The van der Waals surface area contributed by atoms with E-state index >= 15 is 0 Å². The molecule has 0 spiro atoms. The van der Waals surface area contributed by atoms with Gasteiger partial charge in [-0.1, -0.05) is 6.08 Å². The zero-order chi connectivity index (χ0) is 8.27. The molecule has 1 rings (SSSR count). The molecule has 0 amide bonds. The molecule has 0 atom stereocenters. The molecule has 0 unspecified atom stereocenters. The summed E-state index contributed by atoms with van der Waals surface area (Å²) in [4.78, 5) is 1.30. The minimum absolute atomic E-state index is 0.148. The third-order valence-corrected chi connectivity index (χ3v) is 2.41. The van der Waals surface area contributed by atoms with E-state index < -0.39 is 0 Å². The summed E-state index contributed by atoms with van der Waals surface area (Å²) in [5.41, 5.74) is 2.23. The van der Waals surface area contributed by atoms with Gasteiger partial charge < -0.3 is 5.11 Å². The second-order valence-electron chi connectivity index (χ2n) is 2.58. The third kappa shape index (κ3) is 2.17. The van der Waals surface area contributed by atoms with Crippen LogP contribution in [0.3, 0.4) is 0 Å². The Kier molecular flexibility index (Phi) is 2.85. The van der Waals surface area contributed by atoms with E-state index in [1.165, 1.54) is 10.4 Å². The summed E-state index contributed by atoms with van der Waals surface area (Å²) in [7, 11) is 0. The van der Waals surface area contributed by atoms with Crippen LogP contribution < -0.4 is 0 Å². The molecule has 0 aromatic carbocycles. The minimum atomic E-state index is 0.148. The molecule has 1 aromatic heterocycles. The molecule has 11 heavy (non-hydrogen) atoms. The first-order valence-corrected chi connectivity index (χ1v) is 4.44. The molecular weight excluding hydrogens is 156 g/mol. The van der Waals surface area contributed by atoms with Crippen molar-refractivity contribution in [1.29, 1.82) is 0 Å². The highest BCUT2D eigenvalue weighted by atomic mass is 32.1. The summed E-state index contributed by atoms with van der Waals surface area (Å²) in [5, 5.41) is 10.8. The molecule has 1 nitrogen and oxygen atoms in total. The summed E-state index contributed by atoms with van der Waals surface area (Å²) in [5.74, 6) is 0. The van der Waals surface area contributed by atoms with Gasteiger partial charge in [0.2, 0.25) is 0 Å². The predicted octanol–water partition coefficient (Wildman–Crippen LogP) is 2.45. The van der Waals surface area contributed by atoms with Crippen LogP contribution in [0.15, 0.2) is 17.0 Å². The van der Waals surface area contributed by atoms with Crippen molar-refractivity contribution < 1.29 is 5.11 Å². The standard InChI is InChI=1S/C9H12OS/c1-7(6-10)5-9-3-4-11-8(9)2/h3-5,10H,6H2,1-2H3/b7-5+. The van der Waals surface area contributed by atoms with Gasteiger partial charge in [0.1, 0.15) is 0 Å². The highest BCUT2D eigenvalue weighted by molar-refractivity contribution is 7.10. The second-order valence-corrected chi connectivity index (χ2v) is 3.70. The van der Waals surface area contributed by atoms with Crippen molar-refractivity contribution in [3.05, 3.63) is 27.5 Å². The Morgan fingerprint density at radius 1 is 1.73 bits per heavy atom. The summed E-state index contributed by atoms with van der Waals surface area (Å²) < 4.78 is 0. The third-order valence-electron chi connectivity index (χ3n) is 1.55. The van der Waals surface area contributed by atoms with Crippen LogP contribution in [0.2, 0.25) is 0 Å². The first-order chi connectivity index (χ1) is 5.24. The molecule has 0 aliphatic rings. The van der Waals surface area contributed by atoms with Crippen LogP contribution in [0.1, 0.15) is 17.4 Å². The van der Waals surface area contributed by atoms with Crippen molar-refractivity contribution in [2.75, 3.05) is 6.61 Å². The summed E-state index contributed by atoms with van der Waals surface area (Å²) >= 11 is 1.73. The Bertz CT molecular complexity index is 260. The second kappa shape index (κ2) is 3.69. The van der Waals surface area contributed by atoms with E-state index in [1.807, 2.05) is 13.0 Å². The average Bonchev–Trinajstić information content (AvgIpc) is 2.37. The minimum Gasteiger partial charge on any atom is -0.392 e. The number of rotatable bonds is 2. The maximum absolute atomic E-state index is 8.76. The lowest BCUT2D eigenvalue weighted by molar-refractivity contribution is 0.332. The van der Waals surface area contributed by atoms with Crippen LogP contribution >= 0.6 is 11.3 Å². The van der Waals surface area contributed by atoms with Gasteiger partial charge >= 0.3 is 0 Å². The molecule has 1 heterocycles. The lowest BCUT2D eigenvalue weighted by Crippen LogP contribution is -1.82. The summed E-state index contributed by atoms with van der Waals surface area (Å²) in [6.07, 6.45) is 2.02. The molecule has 0 aliphatic heterocycles. The Balaban J connectivity index is 2.86. The SMILES string of the molecule is C/C(=C\c1ccsc1C)CO. The van der Waals surface area contributed by atoms with Crippen molar-refractivity contribution in [2.45, 2.75) is 13.8 Å². The first kappa shape index (κ1) is 8.50. The molecule has 1 N–H and O–H groups in total. The normalized spacial score (nSPS) is 12.1. The van der Waals surface area contributed by atoms with E-state index in [0.29, 0.717) is 0 Å². The monoisotopic (exact) mass is 168 g/mol. The maximum atomic E-state index is 8.76. The number of hydrogen-bond donors (Lipinski definition) is 1. The molecular formula is C9H12OS. The summed E-state index contributed by atoms with van der Waals surface area (Å²) in [6, 6.07) is 2.07. The van der Waals surface area contributed by atoms with Crippen LogP contribution in [-0.2, 0) is 0 Å². The lowest BCUT2D eigenvalue weighted by Gasteiger charge is -1.93. The van der Waals surface area contributed by atoms with E-state index in [4.69, 9.17) is 5.11 Å². The fourth-order valence-corrected chi connectivity index (χ4v) is 1.54. The summed E-state index contributed by atoms with van der Waals surface area (Å²) in [6.45, 7) is 4.16. The van der Waals surface area contributed by atoms with Crippen molar-refractivity contribution >= 4 is 17.4 Å². The van der Waals surface area contributed by atoms with Gasteiger partial charge in [0.25, 0.3) is 0 Å². The zero-order valence-electron chi connectivity index (χ0n) is 6.79. The molecule has 2 heteroatoms. The molecule has 1 aromatic rings. The molecule has 60 valence electrons. The number of hydrogen-bond acceptors (Lipinski definition) is 2. The van der Waals surface area contributed by atoms with Gasteiger partial charge in [-0.2, -0.15) is 0 Å². The van der Waals surface area contributed by atoms with Crippen LogP contribution in [0.5, 0.6) is 0 Å². The zero-order valence-corrected chi connectivity index (χ0v) is 7.61. The molecule has 0 aliphatic carbocycles. The Morgan fingerprint density at radius 3 is 2.91 bits per heavy atom. The maximum Gasteiger partial charge on any atom is 0.0642 e. The van der Waals surface area contributed by atoms with E-state index in [0.717, 1.165) is 5.57 Å². The van der Waals surface area contributed by atoms with Crippen LogP contribution in [-0.4, -0.2) is 11.7 Å². The van der Waals surface area contributed by atoms with Gasteiger partial charge in [0.05, 0.1) is 6.61 Å². The van der Waals surface area contributed by atoms with Crippen molar-refractivity contribution in [3.8, 4) is 0 Å². The topological polar surface area (TPSA) is 20.2 Å². The average molecular weight is 168 g/mol. The number of thiophene rings is 1. The Labute approximate surface area is 71.0 Å². The molecule has 0 saturated heterocycles. The van der Waals surface area contributed by atoms with Crippen LogP contribution in [0.4, 0.5) is 0 Å². The molecule has 0 bridgehead atoms. The molecule has 0 saturated carbocycles. The number of aliphatic hydroxyl groups excluding tert-OH is 1. The predicted molar refractivity (Wildman–Crippen MR) is 49.8 cm³/mol.